The number of fused-ring (bicyclic) bond motifs is 3. The molecule has 3 atom stereocenters. The fourth-order valence-electron chi connectivity index (χ4n) is 4.20. The van der Waals surface area contributed by atoms with Gasteiger partial charge in [-0.3, -0.25) is 0 Å². The number of aliphatic hydroxyl groups is 1. The molecule has 2 N–H and O–H groups in total. The van der Waals surface area contributed by atoms with Crippen LogP contribution in [0.2, 0.25) is 0 Å². The van der Waals surface area contributed by atoms with Gasteiger partial charge in [-0.05, 0) is 73.6 Å². The summed E-state index contributed by atoms with van der Waals surface area (Å²) < 4.78 is 0. The van der Waals surface area contributed by atoms with Crippen LogP contribution in [0, 0.1) is 17.8 Å². The highest BCUT2D eigenvalue weighted by Crippen LogP contribution is 2.52. The monoisotopic (exact) mass is 270 g/mol. The molecule has 2 nitrogen and oxygen atoms in total. The Kier molecular flexibility index (Phi) is 3.06. The zero-order valence-electron chi connectivity index (χ0n) is 12.2. The van der Waals surface area contributed by atoms with Crippen LogP contribution in [0.4, 0.5) is 0 Å². The molecule has 0 amide bonds. The molecule has 106 valence electrons. The van der Waals surface area contributed by atoms with Crippen molar-refractivity contribution in [3.63, 3.8) is 0 Å². The lowest BCUT2D eigenvalue weighted by atomic mass is 9.55. The highest BCUT2D eigenvalue weighted by atomic mass is 16.3. The maximum absolute atomic E-state index is 10.6. The van der Waals surface area contributed by atoms with Crippen LogP contribution in [0.5, 0.6) is 5.75 Å². The average molecular weight is 270 g/mol. The van der Waals surface area contributed by atoms with Crippen LogP contribution in [-0.4, -0.2) is 15.8 Å². The molecular formula is C18H22O2. The molecule has 0 saturated heterocycles. The first-order valence-corrected chi connectivity index (χ1v) is 7.45. The van der Waals surface area contributed by atoms with Gasteiger partial charge in [-0.2, -0.15) is 0 Å². The van der Waals surface area contributed by atoms with E-state index in [1.807, 2.05) is 6.07 Å². The predicted octanol–water partition coefficient (Wildman–Crippen LogP) is 3.15. The van der Waals surface area contributed by atoms with Crippen molar-refractivity contribution < 1.29 is 10.2 Å². The summed E-state index contributed by atoms with van der Waals surface area (Å²) in [5, 5.41) is 20.3. The smallest absolute Gasteiger partial charge is 0.125 e. The molecule has 1 fully saturated rings. The fraction of sp³-hybridized carbons (Fsp3) is 0.556. The summed E-state index contributed by atoms with van der Waals surface area (Å²) in [6.45, 7) is 4.11. The summed E-state index contributed by atoms with van der Waals surface area (Å²) in [4.78, 5) is 0. The van der Waals surface area contributed by atoms with Crippen molar-refractivity contribution in [3.8, 4) is 17.6 Å². The van der Waals surface area contributed by atoms with E-state index in [1.165, 1.54) is 11.1 Å². The molecule has 2 aliphatic rings. The molecule has 0 spiro atoms. The second-order valence-electron chi connectivity index (χ2n) is 6.61. The van der Waals surface area contributed by atoms with Crippen LogP contribution in [0.1, 0.15) is 50.7 Å². The van der Waals surface area contributed by atoms with Gasteiger partial charge < -0.3 is 10.2 Å². The number of aromatic hydroxyl groups is 1. The van der Waals surface area contributed by atoms with Gasteiger partial charge in [0.05, 0.1) is 0 Å². The normalized spacial score (nSPS) is 35.5. The second kappa shape index (κ2) is 4.53. The number of hydrogen-bond donors (Lipinski definition) is 2. The zero-order chi connectivity index (χ0) is 14.4. The standard InChI is InChI=1S/C18H22O2/c1-3-8-18(20)10-9-17(2)14(12-18)5-4-13-11-15(19)6-7-16(13)17/h6-7,11,14,19-20H,4-5,9-10,12H2,1-2H3/t14-,17-,18-/m1/s1. The highest BCUT2D eigenvalue weighted by Gasteiger charge is 2.48. The lowest BCUT2D eigenvalue weighted by molar-refractivity contribution is -0.00248. The number of hydrogen-bond acceptors (Lipinski definition) is 2. The molecule has 3 rings (SSSR count). The quantitative estimate of drug-likeness (QED) is 0.711. The van der Waals surface area contributed by atoms with Crippen LogP contribution in [-0.2, 0) is 11.8 Å². The fourth-order valence-corrected chi connectivity index (χ4v) is 4.20. The molecule has 0 unspecified atom stereocenters. The molecule has 0 aliphatic heterocycles. The van der Waals surface area contributed by atoms with Gasteiger partial charge in [0.25, 0.3) is 0 Å². The van der Waals surface area contributed by atoms with Crippen molar-refractivity contribution in [1.29, 1.82) is 0 Å². The number of phenolic OH excluding ortho intramolecular Hbond substituents is 1. The first-order chi connectivity index (χ1) is 9.47. The third-order valence-electron chi connectivity index (χ3n) is 5.37. The van der Waals surface area contributed by atoms with E-state index in [-0.39, 0.29) is 5.41 Å². The summed E-state index contributed by atoms with van der Waals surface area (Å²) in [7, 11) is 0. The van der Waals surface area contributed by atoms with Crippen molar-refractivity contribution in [2.75, 3.05) is 0 Å². The van der Waals surface area contributed by atoms with Gasteiger partial charge in [0, 0.05) is 0 Å². The lowest BCUT2D eigenvalue weighted by Crippen LogP contribution is -2.48. The minimum Gasteiger partial charge on any atom is -0.508 e. The third kappa shape index (κ3) is 2.01. The molecule has 0 aromatic heterocycles. The number of phenols is 1. The maximum Gasteiger partial charge on any atom is 0.125 e. The Labute approximate surface area is 120 Å². The van der Waals surface area contributed by atoms with Crippen molar-refractivity contribution in [1.82, 2.24) is 0 Å². The highest BCUT2D eigenvalue weighted by molar-refractivity contribution is 5.43. The molecule has 0 radical (unpaired) electrons. The van der Waals surface area contributed by atoms with E-state index in [9.17, 15) is 10.2 Å². The Morgan fingerprint density at radius 1 is 1.30 bits per heavy atom. The zero-order valence-corrected chi connectivity index (χ0v) is 12.2. The number of benzene rings is 1. The Morgan fingerprint density at radius 3 is 2.85 bits per heavy atom. The van der Waals surface area contributed by atoms with Crippen LogP contribution < -0.4 is 0 Å². The second-order valence-corrected chi connectivity index (χ2v) is 6.61. The summed E-state index contributed by atoms with van der Waals surface area (Å²) in [6, 6.07) is 5.77. The molecule has 2 aliphatic carbocycles. The maximum atomic E-state index is 10.6. The van der Waals surface area contributed by atoms with Crippen LogP contribution in [0.15, 0.2) is 18.2 Å². The van der Waals surface area contributed by atoms with Gasteiger partial charge in [-0.25, -0.2) is 0 Å². The van der Waals surface area contributed by atoms with Crippen molar-refractivity contribution in [2.45, 2.75) is 57.0 Å². The molecule has 1 aromatic rings. The minimum absolute atomic E-state index is 0.114. The van der Waals surface area contributed by atoms with Crippen molar-refractivity contribution in [2.24, 2.45) is 5.92 Å². The first kappa shape index (κ1) is 13.5. The Hall–Kier alpha value is -1.46. The van der Waals surface area contributed by atoms with Crippen LogP contribution >= 0.6 is 0 Å². The van der Waals surface area contributed by atoms with Crippen molar-refractivity contribution >= 4 is 0 Å². The van der Waals surface area contributed by atoms with Gasteiger partial charge in [-0.15, -0.1) is 5.92 Å². The van der Waals surface area contributed by atoms with Crippen molar-refractivity contribution in [3.05, 3.63) is 29.3 Å². The van der Waals surface area contributed by atoms with E-state index in [2.05, 4.69) is 24.8 Å². The average Bonchev–Trinajstić information content (AvgIpc) is 2.40. The third-order valence-corrected chi connectivity index (χ3v) is 5.37. The van der Waals surface area contributed by atoms with Gasteiger partial charge in [0.2, 0.25) is 0 Å². The van der Waals surface area contributed by atoms with E-state index in [1.54, 1.807) is 13.0 Å². The van der Waals surface area contributed by atoms with Gasteiger partial charge in [0.15, 0.2) is 0 Å². The largest absolute Gasteiger partial charge is 0.508 e. The summed E-state index contributed by atoms with van der Waals surface area (Å²) >= 11 is 0. The van der Waals surface area contributed by atoms with Crippen LogP contribution in [0.3, 0.4) is 0 Å². The molecule has 2 heteroatoms. The predicted molar refractivity (Wildman–Crippen MR) is 79.5 cm³/mol. The molecule has 20 heavy (non-hydrogen) atoms. The SMILES string of the molecule is CC#C[C@@]1(O)CC[C@@]2(C)c3ccc(O)cc3CC[C@@H]2C1. The lowest BCUT2D eigenvalue weighted by Gasteiger charge is -2.50. The van der Waals surface area contributed by atoms with Gasteiger partial charge in [0.1, 0.15) is 11.4 Å². The van der Waals surface area contributed by atoms with E-state index < -0.39 is 5.60 Å². The summed E-state index contributed by atoms with van der Waals surface area (Å²) in [6.07, 6.45) is 4.52. The minimum atomic E-state index is -0.798. The first-order valence-electron chi connectivity index (χ1n) is 7.45. The topological polar surface area (TPSA) is 40.5 Å². The summed E-state index contributed by atoms with van der Waals surface area (Å²) in [5.41, 5.74) is 1.95. The van der Waals surface area contributed by atoms with E-state index in [0.29, 0.717) is 11.7 Å². The molecule has 0 bridgehead atoms. The Balaban J connectivity index is 1.98. The number of rotatable bonds is 0. The summed E-state index contributed by atoms with van der Waals surface area (Å²) in [5.74, 6) is 6.72. The van der Waals surface area contributed by atoms with Gasteiger partial charge >= 0.3 is 0 Å². The molecule has 0 heterocycles. The van der Waals surface area contributed by atoms with E-state index >= 15 is 0 Å². The van der Waals surface area contributed by atoms with Gasteiger partial charge in [-0.1, -0.05) is 18.9 Å². The van der Waals surface area contributed by atoms with E-state index in [4.69, 9.17) is 0 Å². The number of aryl methyl sites for hydroxylation is 1. The Bertz CT molecular complexity index is 595. The van der Waals surface area contributed by atoms with Crippen LogP contribution in [0.25, 0.3) is 0 Å². The van der Waals surface area contributed by atoms with E-state index in [0.717, 1.165) is 32.1 Å². The Morgan fingerprint density at radius 2 is 2.10 bits per heavy atom. The molecule has 1 aromatic carbocycles. The molecular weight excluding hydrogens is 248 g/mol. The molecule has 1 saturated carbocycles.